The van der Waals surface area contributed by atoms with Crippen LogP contribution in [0.25, 0.3) is 17.1 Å². The normalized spacial score (nSPS) is 25.9. The van der Waals surface area contributed by atoms with Gasteiger partial charge in [-0.05, 0) is 63.7 Å². The van der Waals surface area contributed by atoms with Gasteiger partial charge in [0.15, 0.2) is 11.4 Å². The standard InChI is InChI=1S/C30H33N3O8/c1-5-9-33(4)13-14-8-10-41-26(14)16-6-7-19(34)21-17(16)11-15-12-18-23(32(2)3)25(36)22(29(31)39)28(38)30(18,40)27(37)20(15)24(21)35/h5-8,10,15,18,23,34-35,38,40H,1,9,11-13H2,2-4H3,(H2,31,39)/t15-,18-,23-,30-/m0/s1. The molecule has 0 spiro atoms. The van der Waals surface area contributed by atoms with Crippen LogP contribution in [-0.2, 0) is 27.3 Å². The summed E-state index contributed by atoms with van der Waals surface area (Å²) in [5, 5.41) is 45.0. The van der Waals surface area contributed by atoms with Gasteiger partial charge in [-0.15, -0.1) is 6.58 Å². The molecule has 41 heavy (non-hydrogen) atoms. The molecule has 0 unspecified atom stereocenters. The summed E-state index contributed by atoms with van der Waals surface area (Å²) >= 11 is 0. The summed E-state index contributed by atoms with van der Waals surface area (Å²) in [6, 6.07) is 3.76. The second kappa shape index (κ2) is 10.0. The lowest BCUT2D eigenvalue weighted by Gasteiger charge is -2.50. The molecule has 11 heteroatoms. The molecule has 0 radical (unpaired) electrons. The van der Waals surface area contributed by atoms with Crippen LogP contribution in [0.3, 0.4) is 0 Å². The molecule has 0 saturated heterocycles. The van der Waals surface area contributed by atoms with Gasteiger partial charge >= 0.3 is 0 Å². The molecule has 1 aromatic heterocycles. The summed E-state index contributed by atoms with van der Waals surface area (Å²) in [5.41, 5.74) is 3.69. The van der Waals surface area contributed by atoms with Crippen molar-refractivity contribution in [3.63, 3.8) is 0 Å². The number of likely N-dealkylation sites (N-methyl/N-ethyl adjacent to an activating group) is 2. The zero-order valence-electron chi connectivity index (χ0n) is 23.0. The van der Waals surface area contributed by atoms with Gasteiger partial charge in [-0.25, -0.2) is 0 Å². The number of phenolic OH excluding ortho intramolecular Hbond substituents is 1. The highest BCUT2D eigenvalue weighted by atomic mass is 16.3. The monoisotopic (exact) mass is 563 g/mol. The molecular weight excluding hydrogens is 530 g/mol. The lowest BCUT2D eigenvalue weighted by Crippen LogP contribution is -2.65. The van der Waals surface area contributed by atoms with Crippen LogP contribution in [0, 0.1) is 11.8 Å². The molecule has 1 heterocycles. The second-order valence-electron chi connectivity index (χ2n) is 11.2. The topological polar surface area (TPSA) is 178 Å². The maximum Gasteiger partial charge on any atom is 0.255 e. The number of benzene rings is 1. The Morgan fingerprint density at radius 3 is 2.54 bits per heavy atom. The number of carbonyl (C=O) groups excluding carboxylic acids is 3. The fraction of sp³-hybridized carbons (Fsp3) is 0.367. The zero-order valence-corrected chi connectivity index (χ0v) is 23.0. The number of aliphatic hydroxyl groups excluding tert-OH is 2. The van der Waals surface area contributed by atoms with Crippen LogP contribution < -0.4 is 5.73 Å². The minimum atomic E-state index is -2.68. The third-order valence-electron chi connectivity index (χ3n) is 8.48. The van der Waals surface area contributed by atoms with Gasteiger partial charge in [0.25, 0.3) is 5.91 Å². The van der Waals surface area contributed by atoms with E-state index in [9.17, 15) is 34.8 Å². The SMILES string of the molecule is C=CCN(C)Cc1ccoc1-c1ccc(O)c2c1C[C@H]1C[C@H]3[C@H](N(C)C)C(=O)C(C(N)=O)=C(O)[C@@]3(O)C(=O)C1=C2O. The number of nitrogens with two attached hydrogens (primary N) is 1. The van der Waals surface area contributed by atoms with E-state index >= 15 is 0 Å². The number of primary amides is 1. The minimum absolute atomic E-state index is 0.00788. The Hall–Kier alpha value is -4.19. The van der Waals surface area contributed by atoms with E-state index in [1.54, 1.807) is 32.5 Å². The van der Waals surface area contributed by atoms with Gasteiger partial charge < -0.3 is 30.6 Å². The van der Waals surface area contributed by atoms with Crippen molar-refractivity contribution in [3.8, 4) is 17.1 Å². The number of amides is 1. The van der Waals surface area contributed by atoms with E-state index in [-0.39, 0.29) is 29.7 Å². The molecule has 4 atom stereocenters. The predicted octanol–water partition coefficient (Wildman–Crippen LogP) is 1.84. The highest BCUT2D eigenvalue weighted by Gasteiger charge is 2.64. The van der Waals surface area contributed by atoms with Crippen LogP contribution >= 0.6 is 0 Å². The number of fused-ring (bicyclic) bond motifs is 3. The Labute approximate surface area is 236 Å². The van der Waals surface area contributed by atoms with Crippen LogP contribution in [0.1, 0.15) is 23.1 Å². The van der Waals surface area contributed by atoms with Crippen molar-refractivity contribution in [1.82, 2.24) is 9.80 Å². The zero-order chi connectivity index (χ0) is 30.0. The van der Waals surface area contributed by atoms with E-state index in [0.717, 1.165) is 5.56 Å². The van der Waals surface area contributed by atoms with Crippen LogP contribution in [0.15, 0.2) is 58.4 Å². The number of nitrogens with zero attached hydrogens (tertiary/aromatic N) is 2. The van der Waals surface area contributed by atoms with Gasteiger partial charge in [-0.1, -0.05) is 6.08 Å². The summed E-state index contributed by atoms with van der Waals surface area (Å²) in [7, 11) is 5.05. The smallest absolute Gasteiger partial charge is 0.255 e. The van der Waals surface area contributed by atoms with Gasteiger partial charge in [0.2, 0.25) is 5.78 Å². The van der Waals surface area contributed by atoms with Crippen molar-refractivity contribution in [2.75, 3.05) is 27.7 Å². The molecule has 1 amide bonds. The predicted molar refractivity (Wildman–Crippen MR) is 148 cm³/mol. The Morgan fingerprint density at radius 2 is 1.90 bits per heavy atom. The third-order valence-corrected chi connectivity index (χ3v) is 8.48. The summed E-state index contributed by atoms with van der Waals surface area (Å²) in [4.78, 5) is 42.9. The number of rotatable bonds is 7. The van der Waals surface area contributed by atoms with E-state index in [4.69, 9.17) is 10.2 Å². The number of aliphatic hydroxyl groups is 3. The number of carbonyl (C=O) groups is 3. The molecule has 2 aromatic rings. The van der Waals surface area contributed by atoms with Crippen molar-refractivity contribution in [1.29, 1.82) is 0 Å². The summed E-state index contributed by atoms with van der Waals surface area (Å²) < 4.78 is 5.87. The number of phenols is 1. The van der Waals surface area contributed by atoms with Crippen molar-refractivity contribution in [2.24, 2.45) is 17.6 Å². The Bertz CT molecular complexity index is 1550. The number of hydrogen-bond donors (Lipinski definition) is 5. The Balaban J connectivity index is 1.68. The fourth-order valence-electron chi connectivity index (χ4n) is 6.73. The van der Waals surface area contributed by atoms with Gasteiger partial charge in [0.1, 0.15) is 28.6 Å². The molecule has 11 nitrogen and oxygen atoms in total. The number of hydrogen-bond acceptors (Lipinski definition) is 10. The molecular formula is C30H33N3O8. The quantitative estimate of drug-likeness (QED) is 0.247. The largest absolute Gasteiger partial charge is 0.508 e. The summed E-state index contributed by atoms with van der Waals surface area (Å²) in [6.07, 6.45) is 3.51. The fourth-order valence-corrected chi connectivity index (χ4v) is 6.73. The maximum absolute atomic E-state index is 14.0. The highest BCUT2D eigenvalue weighted by molar-refractivity contribution is 6.24. The number of aromatic hydroxyl groups is 1. The minimum Gasteiger partial charge on any atom is -0.508 e. The lowest BCUT2D eigenvalue weighted by atomic mass is 9.57. The number of Topliss-reactive ketones (excluding diaryl/α,β-unsaturated/α-hetero) is 2. The van der Waals surface area contributed by atoms with Crippen molar-refractivity contribution < 1.29 is 39.2 Å². The van der Waals surface area contributed by atoms with E-state index in [1.807, 2.05) is 18.0 Å². The maximum atomic E-state index is 14.0. The van der Waals surface area contributed by atoms with Crippen LogP contribution in [0.5, 0.6) is 5.75 Å². The van der Waals surface area contributed by atoms with E-state index in [0.29, 0.717) is 30.0 Å². The number of ketones is 2. The molecule has 216 valence electrons. The van der Waals surface area contributed by atoms with Gasteiger partial charge in [-0.2, -0.15) is 0 Å². The van der Waals surface area contributed by atoms with Crippen molar-refractivity contribution >= 4 is 23.2 Å². The molecule has 0 aliphatic heterocycles. The molecule has 0 bridgehead atoms. The van der Waals surface area contributed by atoms with Gasteiger partial charge in [-0.3, -0.25) is 24.2 Å². The first-order valence-electron chi connectivity index (χ1n) is 13.2. The van der Waals surface area contributed by atoms with Crippen molar-refractivity contribution in [2.45, 2.75) is 31.0 Å². The van der Waals surface area contributed by atoms with E-state index in [1.165, 1.54) is 11.0 Å². The molecule has 5 rings (SSSR count). The number of furan rings is 1. The third kappa shape index (κ3) is 4.11. The Morgan fingerprint density at radius 1 is 1.20 bits per heavy atom. The molecule has 1 aromatic carbocycles. The molecule has 3 aliphatic carbocycles. The average Bonchev–Trinajstić information content (AvgIpc) is 3.33. The van der Waals surface area contributed by atoms with Crippen LogP contribution in [0.4, 0.5) is 0 Å². The highest BCUT2D eigenvalue weighted by Crippen LogP contribution is 2.53. The molecule has 1 saturated carbocycles. The van der Waals surface area contributed by atoms with E-state index < -0.39 is 58.0 Å². The molecule has 6 N–H and O–H groups in total. The lowest BCUT2D eigenvalue weighted by molar-refractivity contribution is -0.153. The van der Waals surface area contributed by atoms with Crippen LogP contribution in [0.2, 0.25) is 0 Å². The first kappa shape index (κ1) is 28.3. The Kier molecular flexibility index (Phi) is 6.93. The van der Waals surface area contributed by atoms with Crippen LogP contribution in [-0.4, -0.2) is 87.0 Å². The first-order valence-corrected chi connectivity index (χ1v) is 13.2. The van der Waals surface area contributed by atoms with E-state index in [2.05, 4.69) is 6.58 Å². The summed E-state index contributed by atoms with van der Waals surface area (Å²) in [6.45, 7) is 4.95. The molecule has 3 aliphatic rings. The molecule has 1 fully saturated rings. The van der Waals surface area contributed by atoms with Gasteiger partial charge in [0, 0.05) is 35.7 Å². The first-order chi connectivity index (χ1) is 19.3. The summed E-state index contributed by atoms with van der Waals surface area (Å²) in [5.74, 6) is -6.35. The second-order valence-corrected chi connectivity index (χ2v) is 11.2. The van der Waals surface area contributed by atoms with Gasteiger partial charge in [0.05, 0.1) is 17.9 Å². The average molecular weight is 564 g/mol. The van der Waals surface area contributed by atoms with Crippen molar-refractivity contribution in [3.05, 3.63) is 70.7 Å².